The van der Waals surface area contributed by atoms with Crippen molar-refractivity contribution in [3.05, 3.63) is 78.0 Å². The molecule has 4 rings (SSSR count). The van der Waals surface area contributed by atoms with Gasteiger partial charge in [-0.15, -0.1) is 5.10 Å². The van der Waals surface area contributed by atoms with Gasteiger partial charge in [-0.1, -0.05) is 18.2 Å². The van der Waals surface area contributed by atoms with Crippen LogP contribution in [0.5, 0.6) is 5.75 Å². The summed E-state index contributed by atoms with van der Waals surface area (Å²) in [5.74, 6) is 0.101. The monoisotopic (exact) mass is 392 g/mol. The number of hydrogen-bond donors (Lipinski definition) is 2. The number of nitrogens with one attached hydrogen (secondary N) is 2. The van der Waals surface area contributed by atoms with Gasteiger partial charge in [-0.2, -0.15) is 5.10 Å². The van der Waals surface area contributed by atoms with Crippen molar-refractivity contribution in [3.63, 3.8) is 0 Å². The van der Waals surface area contributed by atoms with Gasteiger partial charge in [0.2, 0.25) is 5.95 Å². The minimum absolute atomic E-state index is 0.118. The number of nitrogens with zero attached hydrogens (tertiary/aromatic N) is 4. The van der Waals surface area contributed by atoms with E-state index in [-0.39, 0.29) is 24.0 Å². The number of anilines is 1. The van der Waals surface area contributed by atoms with Crippen molar-refractivity contribution >= 4 is 11.9 Å². The molecule has 2 N–H and O–H groups in total. The van der Waals surface area contributed by atoms with Crippen molar-refractivity contribution in [2.75, 3.05) is 12.4 Å². The number of carbonyl (C=O) groups excluding carboxylic acids is 1. The van der Waals surface area contributed by atoms with Crippen molar-refractivity contribution < 1.29 is 13.9 Å². The summed E-state index contributed by atoms with van der Waals surface area (Å²) < 4.78 is 20.3. The molecule has 1 amide bonds. The zero-order valence-corrected chi connectivity index (χ0v) is 15.5. The normalized spacial score (nSPS) is 10.7. The maximum Gasteiger partial charge on any atom is 0.276 e. The third-order valence-corrected chi connectivity index (χ3v) is 4.26. The third-order valence-electron chi connectivity index (χ3n) is 4.26. The van der Waals surface area contributed by atoms with Crippen LogP contribution in [0.2, 0.25) is 0 Å². The molecule has 0 spiro atoms. The first-order valence-electron chi connectivity index (χ1n) is 8.76. The fourth-order valence-electron chi connectivity index (χ4n) is 2.75. The molecule has 0 fully saturated rings. The van der Waals surface area contributed by atoms with Gasteiger partial charge in [0.25, 0.3) is 5.91 Å². The number of hydrogen-bond acceptors (Lipinski definition) is 5. The minimum atomic E-state index is -0.430. The molecule has 0 saturated heterocycles. The van der Waals surface area contributed by atoms with Crippen LogP contribution < -0.4 is 10.1 Å². The van der Waals surface area contributed by atoms with Crippen LogP contribution in [0.1, 0.15) is 16.1 Å². The van der Waals surface area contributed by atoms with Gasteiger partial charge in [-0.25, -0.2) is 14.1 Å². The Bertz CT molecular complexity index is 1140. The summed E-state index contributed by atoms with van der Waals surface area (Å²) in [4.78, 5) is 16.5. The second-order valence-electron chi connectivity index (χ2n) is 6.21. The average molecular weight is 392 g/mol. The van der Waals surface area contributed by atoms with E-state index < -0.39 is 5.91 Å². The van der Waals surface area contributed by atoms with E-state index in [0.717, 1.165) is 11.3 Å². The fourth-order valence-corrected chi connectivity index (χ4v) is 2.75. The van der Waals surface area contributed by atoms with Crippen LogP contribution in [0, 0.1) is 5.82 Å². The molecule has 2 aromatic carbocycles. The number of methoxy groups -OCH3 is 1. The summed E-state index contributed by atoms with van der Waals surface area (Å²) in [6.45, 7) is 0.210. The Balaban J connectivity index is 1.43. The Morgan fingerprint density at radius 1 is 1.21 bits per heavy atom. The molecule has 0 unspecified atom stereocenters. The lowest BCUT2D eigenvalue weighted by Crippen LogP contribution is -2.14. The molecular formula is C20H17FN6O2. The Morgan fingerprint density at radius 3 is 2.76 bits per heavy atom. The van der Waals surface area contributed by atoms with Gasteiger partial charge in [0.15, 0.2) is 0 Å². The first-order valence-corrected chi connectivity index (χ1v) is 8.76. The molecule has 2 heterocycles. The molecule has 4 aromatic rings. The highest BCUT2D eigenvalue weighted by atomic mass is 19.1. The van der Waals surface area contributed by atoms with E-state index in [1.54, 1.807) is 31.4 Å². The van der Waals surface area contributed by atoms with Gasteiger partial charge in [0, 0.05) is 11.1 Å². The van der Waals surface area contributed by atoms with Crippen molar-refractivity contribution in [2.24, 2.45) is 0 Å². The van der Waals surface area contributed by atoms with E-state index in [1.807, 2.05) is 24.3 Å². The fraction of sp³-hybridized carbons (Fsp3) is 0.100. The summed E-state index contributed by atoms with van der Waals surface area (Å²) in [5.41, 5.74) is 2.21. The number of rotatable bonds is 6. The lowest BCUT2D eigenvalue weighted by Gasteiger charge is -2.02. The zero-order chi connectivity index (χ0) is 20.2. The number of aromatic nitrogens is 5. The first-order chi connectivity index (χ1) is 14.1. The predicted molar refractivity (Wildman–Crippen MR) is 104 cm³/mol. The van der Waals surface area contributed by atoms with Crippen LogP contribution in [0.15, 0.2) is 60.9 Å². The molecule has 0 aliphatic heterocycles. The topological polar surface area (TPSA) is 97.7 Å². The van der Waals surface area contributed by atoms with Crippen LogP contribution in [-0.2, 0) is 6.54 Å². The van der Waals surface area contributed by atoms with Crippen LogP contribution in [0.3, 0.4) is 0 Å². The second-order valence-corrected chi connectivity index (χ2v) is 6.21. The lowest BCUT2D eigenvalue weighted by atomic mass is 10.1. The number of ether oxygens (including phenoxy) is 1. The van der Waals surface area contributed by atoms with E-state index in [9.17, 15) is 9.18 Å². The van der Waals surface area contributed by atoms with Gasteiger partial charge < -0.3 is 4.74 Å². The smallest absolute Gasteiger partial charge is 0.276 e. The molecule has 8 nitrogen and oxygen atoms in total. The maximum absolute atomic E-state index is 13.7. The van der Waals surface area contributed by atoms with Gasteiger partial charge in [0.05, 0.1) is 19.3 Å². The summed E-state index contributed by atoms with van der Waals surface area (Å²) in [6.07, 6.45) is 1.43. The van der Waals surface area contributed by atoms with Crippen LogP contribution in [0.4, 0.5) is 10.3 Å². The highest BCUT2D eigenvalue weighted by molar-refractivity contribution is 6.02. The molecule has 0 saturated carbocycles. The predicted octanol–water partition coefficient (Wildman–Crippen LogP) is 3.12. The number of halogens is 1. The lowest BCUT2D eigenvalue weighted by molar-refractivity contribution is 0.102. The van der Waals surface area contributed by atoms with Crippen LogP contribution in [-0.4, -0.2) is 38.0 Å². The molecule has 0 bridgehead atoms. The van der Waals surface area contributed by atoms with E-state index in [2.05, 4.69) is 25.6 Å². The van der Waals surface area contributed by atoms with Crippen molar-refractivity contribution in [1.82, 2.24) is 25.0 Å². The quantitative estimate of drug-likeness (QED) is 0.525. The third kappa shape index (κ3) is 4.13. The molecule has 0 atom stereocenters. The van der Waals surface area contributed by atoms with Crippen LogP contribution >= 0.6 is 0 Å². The number of amides is 1. The average Bonchev–Trinajstić information content (AvgIpc) is 3.40. The Labute approximate surface area is 165 Å². The largest absolute Gasteiger partial charge is 0.497 e. The van der Waals surface area contributed by atoms with E-state index in [0.29, 0.717) is 11.3 Å². The molecule has 146 valence electrons. The molecule has 0 radical (unpaired) electrons. The van der Waals surface area contributed by atoms with Crippen molar-refractivity contribution in [1.29, 1.82) is 0 Å². The first kappa shape index (κ1) is 18.4. The van der Waals surface area contributed by atoms with Gasteiger partial charge >= 0.3 is 0 Å². The number of aromatic amines is 1. The Morgan fingerprint density at radius 2 is 2.00 bits per heavy atom. The number of benzene rings is 2. The molecule has 0 aliphatic rings. The molecule has 9 heteroatoms. The summed E-state index contributed by atoms with van der Waals surface area (Å²) in [7, 11) is 1.59. The Hall–Kier alpha value is -4.01. The molecule has 0 aliphatic carbocycles. The minimum Gasteiger partial charge on any atom is -0.497 e. The zero-order valence-electron chi connectivity index (χ0n) is 15.5. The van der Waals surface area contributed by atoms with Gasteiger partial charge in [0.1, 0.15) is 23.6 Å². The number of carbonyl (C=O) groups is 1. The Kier molecular flexibility index (Phi) is 5.02. The molecule has 2 aromatic heterocycles. The van der Waals surface area contributed by atoms with Gasteiger partial charge in [-0.05, 0) is 36.4 Å². The molecular weight excluding hydrogens is 375 g/mol. The number of H-pyrrole nitrogens is 1. The van der Waals surface area contributed by atoms with E-state index in [4.69, 9.17) is 4.74 Å². The summed E-state index contributed by atoms with van der Waals surface area (Å²) >= 11 is 0. The van der Waals surface area contributed by atoms with Crippen molar-refractivity contribution in [2.45, 2.75) is 6.54 Å². The second kappa shape index (κ2) is 7.93. The van der Waals surface area contributed by atoms with Gasteiger partial charge in [-0.3, -0.25) is 15.2 Å². The SMILES string of the molecule is COc1ccc(-c2cc(C(=O)Nc3ncn(Cc4ccccc4F)n3)[nH]n2)cc1. The van der Waals surface area contributed by atoms with Crippen LogP contribution in [0.25, 0.3) is 11.3 Å². The van der Waals surface area contributed by atoms with E-state index >= 15 is 0 Å². The standard InChI is InChI=1S/C20H17FN6O2/c1-29-15-8-6-13(7-9-15)17-10-18(25-24-17)19(28)23-20-22-12-27(26-20)11-14-4-2-3-5-16(14)21/h2-10,12H,11H2,1H3,(H,24,25)(H,23,26,28). The summed E-state index contributed by atoms with van der Waals surface area (Å²) in [6, 6.07) is 15.4. The highest BCUT2D eigenvalue weighted by Crippen LogP contribution is 2.21. The molecule has 29 heavy (non-hydrogen) atoms. The van der Waals surface area contributed by atoms with Crippen molar-refractivity contribution in [3.8, 4) is 17.0 Å². The maximum atomic E-state index is 13.7. The summed E-state index contributed by atoms with van der Waals surface area (Å²) in [5, 5.41) is 13.6. The van der Waals surface area contributed by atoms with E-state index in [1.165, 1.54) is 17.1 Å². The highest BCUT2D eigenvalue weighted by Gasteiger charge is 2.14.